The normalized spacial score (nSPS) is 10.3. The molecule has 0 aliphatic rings. The number of rotatable bonds is 3. The molecule has 2 aromatic rings. The van der Waals surface area contributed by atoms with Gasteiger partial charge in [0.1, 0.15) is 10.8 Å². The Bertz CT molecular complexity index is 628. The standard InChI is InChI=1S/C13H14ClN3O2S/c1-8-3-4-9(2)17(8)10-5-6-20-12(10)13(19)16-15-11(18)7-14/h3-6H,7H2,1-2H3,(H,15,18)(H,16,19). The van der Waals surface area contributed by atoms with Gasteiger partial charge >= 0.3 is 0 Å². The molecule has 20 heavy (non-hydrogen) atoms. The summed E-state index contributed by atoms with van der Waals surface area (Å²) in [5.41, 5.74) is 7.48. The Labute approximate surface area is 125 Å². The summed E-state index contributed by atoms with van der Waals surface area (Å²) in [5.74, 6) is -1.01. The van der Waals surface area contributed by atoms with Gasteiger partial charge in [0.05, 0.1) is 5.69 Å². The van der Waals surface area contributed by atoms with E-state index in [4.69, 9.17) is 11.6 Å². The molecule has 2 amide bonds. The van der Waals surface area contributed by atoms with Crippen molar-refractivity contribution >= 4 is 34.8 Å². The van der Waals surface area contributed by atoms with Crippen molar-refractivity contribution in [3.05, 3.63) is 39.8 Å². The van der Waals surface area contributed by atoms with Crippen LogP contribution in [0.3, 0.4) is 0 Å². The van der Waals surface area contributed by atoms with Gasteiger partial charge in [-0.1, -0.05) is 0 Å². The number of thiophene rings is 1. The lowest BCUT2D eigenvalue weighted by molar-refractivity contribution is -0.119. The Balaban J connectivity index is 2.25. The molecule has 2 aromatic heterocycles. The zero-order valence-electron chi connectivity index (χ0n) is 11.1. The van der Waals surface area contributed by atoms with Gasteiger partial charge < -0.3 is 4.57 Å². The molecule has 7 heteroatoms. The van der Waals surface area contributed by atoms with Crippen LogP contribution in [0.15, 0.2) is 23.6 Å². The molecule has 0 aliphatic heterocycles. The average molecular weight is 312 g/mol. The van der Waals surface area contributed by atoms with Crippen LogP contribution in [0, 0.1) is 13.8 Å². The van der Waals surface area contributed by atoms with Crippen LogP contribution in [-0.4, -0.2) is 22.3 Å². The van der Waals surface area contributed by atoms with Gasteiger partial charge in [0.25, 0.3) is 11.8 Å². The second-order valence-electron chi connectivity index (χ2n) is 4.22. The molecule has 0 saturated carbocycles. The Morgan fingerprint density at radius 1 is 1.20 bits per heavy atom. The minimum atomic E-state index is -0.452. The van der Waals surface area contributed by atoms with Crippen molar-refractivity contribution in [2.24, 2.45) is 0 Å². The first-order valence-electron chi connectivity index (χ1n) is 5.92. The van der Waals surface area contributed by atoms with Crippen LogP contribution < -0.4 is 10.9 Å². The first-order valence-corrected chi connectivity index (χ1v) is 7.34. The van der Waals surface area contributed by atoms with Gasteiger partial charge in [0.15, 0.2) is 0 Å². The van der Waals surface area contributed by atoms with Gasteiger partial charge in [-0.05, 0) is 37.4 Å². The third kappa shape index (κ3) is 2.86. The topological polar surface area (TPSA) is 63.1 Å². The van der Waals surface area contributed by atoms with Crippen LogP contribution in [0.5, 0.6) is 0 Å². The predicted octanol–water partition coefficient (Wildman–Crippen LogP) is 2.16. The van der Waals surface area contributed by atoms with Gasteiger partial charge in [-0.15, -0.1) is 22.9 Å². The fraction of sp³-hybridized carbons (Fsp3) is 0.231. The van der Waals surface area contributed by atoms with Crippen molar-refractivity contribution in [1.82, 2.24) is 15.4 Å². The van der Waals surface area contributed by atoms with Gasteiger partial charge in [0, 0.05) is 11.4 Å². The summed E-state index contributed by atoms with van der Waals surface area (Å²) in [4.78, 5) is 23.7. The number of carbonyl (C=O) groups excluding carboxylic acids is 2. The minimum absolute atomic E-state index is 0.201. The fourth-order valence-corrected chi connectivity index (χ4v) is 2.75. The number of halogens is 1. The van der Waals surface area contributed by atoms with E-state index in [1.807, 2.05) is 42.0 Å². The first-order chi connectivity index (χ1) is 9.54. The molecule has 0 atom stereocenters. The zero-order valence-corrected chi connectivity index (χ0v) is 12.6. The highest BCUT2D eigenvalue weighted by atomic mass is 35.5. The lowest BCUT2D eigenvalue weighted by Gasteiger charge is -2.11. The molecule has 2 rings (SSSR count). The minimum Gasteiger partial charge on any atom is -0.317 e. The number of hydrogen-bond acceptors (Lipinski definition) is 3. The lowest BCUT2D eigenvalue weighted by atomic mass is 10.3. The van der Waals surface area contributed by atoms with Crippen LogP contribution in [0.25, 0.3) is 5.69 Å². The summed E-state index contributed by atoms with van der Waals surface area (Å²) in [5, 5.41) is 1.84. The number of amides is 2. The van der Waals surface area contributed by atoms with Crippen LogP contribution in [-0.2, 0) is 4.79 Å². The molecule has 0 spiro atoms. The smallest absolute Gasteiger partial charge is 0.281 e. The average Bonchev–Trinajstić information content (AvgIpc) is 3.02. The number of alkyl halides is 1. The SMILES string of the molecule is Cc1ccc(C)n1-c1ccsc1C(=O)NNC(=O)CCl. The number of carbonyl (C=O) groups is 2. The maximum absolute atomic E-state index is 12.1. The molecule has 0 fully saturated rings. The third-order valence-electron chi connectivity index (χ3n) is 2.80. The second-order valence-corrected chi connectivity index (χ2v) is 5.41. The van der Waals surface area contributed by atoms with Crippen LogP contribution in [0.2, 0.25) is 0 Å². The van der Waals surface area contributed by atoms with Gasteiger partial charge in [-0.2, -0.15) is 0 Å². The van der Waals surface area contributed by atoms with Crippen molar-refractivity contribution < 1.29 is 9.59 Å². The van der Waals surface area contributed by atoms with E-state index < -0.39 is 5.91 Å². The molecular formula is C13H14ClN3O2S. The molecule has 2 N–H and O–H groups in total. The highest BCUT2D eigenvalue weighted by Gasteiger charge is 2.17. The monoisotopic (exact) mass is 311 g/mol. The van der Waals surface area contributed by atoms with E-state index in [9.17, 15) is 9.59 Å². The summed E-state index contributed by atoms with van der Waals surface area (Å²) in [6, 6.07) is 5.86. The van der Waals surface area contributed by atoms with E-state index in [-0.39, 0.29) is 11.8 Å². The van der Waals surface area contributed by atoms with E-state index >= 15 is 0 Å². The van der Waals surface area contributed by atoms with Crippen LogP contribution >= 0.6 is 22.9 Å². The maximum atomic E-state index is 12.1. The number of nitrogens with zero attached hydrogens (tertiary/aromatic N) is 1. The summed E-state index contributed by atoms with van der Waals surface area (Å²) >= 11 is 6.66. The van der Waals surface area contributed by atoms with Gasteiger partial charge in [-0.3, -0.25) is 20.4 Å². The van der Waals surface area contributed by atoms with E-state index in [2.05, 4.69) is 10.9 Å². The molecule has 5 nitrogen and oxygen atoms in total. The van der Waals surface area contributed by atoms with E-state index in [0.717, 1.165) is 17.1 Å². The van der Waals surface area contributed by atoms with Gasteiger partial charge in [-0.25, -0.2) is 0 Å². The van der Waals surface area contributed by atoms with Crippen molar-refractivity contribution in [2.75, 3.05) is 5.88 Å². The van der Waals surface area contributed by atoms with E-state index in [1.54, 1.807) is 0 Å². The Morgan fingerprint density at radius 2 is 1.85 bits per heavy atom. The number of hydrogen-bond donors (Lipinski definition) is 2. The van der Waals surface area contributed by atoms with Crippen molar-refractivity contribution in [3.8, 4) is 5.69 Å². The van der Waals surface area contributed by atoms with Crippen molar-refractivity contribution in [1.29, 1.82) is 0 Å². The van der Waals surface area contributed by atoms with Crippen molar-refractivity contribution in [2.45, 2.75) is 13.8 Å². The number of nitrogens with one attached hydrogen (secondary N) is 2. The maximum Gasteiger partial charge on any atom is 0.281 e. The summed E-state index contributed by atoms with van der Waals surface area (Å²) in [6.45, 7) is 3.95. The predicted molar refractivity (Wildman–Crippen MR) is 79.4 cm³/mol. The zero-order chi connectivity index (χ0) is 14.7. The third-order valence-corrected chi connectivity index (χ3v) is 3.94. The Hall–Kier alpha value is -1.79. The number of hydrazine groups is 1. The Kier molecular flexibility index (Phi) is 4.46. The molecule has 0 saturated heterocycles. The molecule has 0 aliphatic carbocycles. The van der Waals surface area contributed by atoms with Crippen LogP contribution in [0.1, 0.15) is 21.1 Å². The first kappa shape index (κ1) is 14.6. The second kappa shape index (κ2) is 6.11. The number of aryl methyl sites for hydroxylation is 2. The molecule has 2 heterocycles. The van der Waals surface area contributed by atoms with Crippen LogP contribution in [0.4, 0.5) is 0 Å². The fourth-order valence-electron chi connectivity index (χ4n) is 1.91. The highest BCUT2D eigenvalue weighted by molar-refractivity contribution is 7.12. The van der Waals surface area contributed by atoms with Gasteiger partial charge in [0.2, 0.25) is 0 Å². The van der Waals surface area contributed by atoms with E-state index in [0.29, 0.717) is 4.88 Å². The number of aromatic nitrogens is 1. The lowest BCUT2D eigenvalue weighted by Crippen LogP contribution is -2.42. The largest absolute Gasteiger partial charge is 0.317 e. The van der Waals surface area contributed by atoms with Crippen molar-refractivity contribution in [3.63, 3.8) is 0 Å². The highest BCUT2D eigenvalue weighted by Crippen LogP contribution is 2.24. The molecule has 0 radical (unpaired) electrons. The summed E-state index contributed by atoms with van der Waals surface area (Å²) in [6.07, 6.45) is 0. The molecular weight excluding hydrogens is 298 g/mol. The molecule has 106 valence electrons. The van der Waals surface area contributed by atoms with E-state index in [1.165, 1.54) is 11.3 Å². The summed E-state index contributed by atoms with van der Waals surface area (Å²) < 4.78 is 1.99. The quantitative estimate of drug-likeness (QED) is 0.674. The summed E-state index contributed by atoms with van der Waals surface area (Å²) in [7, 11) is 0. The molecule has 0 bridgehead atoms. The molecule has 0 unspecified atom stereocenters. The molecule has 0 aromatic carbocycles. The Morgan fingerprint density at radius 3 is 2.45 bits per heavy atom.